The molecule has 6 aliphatic carbocycles. The SMILES string of the molecule is N#Cc1cc(-c2ccccc2)cc(-c2ccccc2)c1N(C1=CC=CCC1)C1=C2C=CC3CC=C(N(c4ccccc4)c4c(C#N)cc(-c5ccccc5)cc4C4=CCCC=C4)C4=CCC(C=C1)C2=C43. The second-order valence-electron chi connectivity index (χ2n) is 18.7. The Balaban J connectivity index is 1.06. The molecule has 2 atom stereocenters. The predicted molar refractivity (Wildman–Crippen MR) is 287 cm³/mol. The lowest BCUT2D eigenvalue weighted by Gasteiger charge is -2.44. The van der Waals surface area contributed by atoms with Crippen molar-refractivity contribution < 1.29 is 0 Å². The third kappa shape index (κ3) is 7.56. The van der Waals surface area contributed by atoms with E-state index in [9.17, 15) is 10.5 Å². The number of rotatable bonds is 10. The Morgan fingerprint density at radius 2 is 1.10 bits per heavy atom. The first-order valence-corrected chi connectivity index (χ1v) is 24.6. The highest BCUT2D eigenvalue weighted by molar-refractivity contribution is 5.94. The molecule has 0 radical (unpaired) electrons. The van der Waals surface area contributed by atoms with Crippen molar-refractivity contribution in [2.45, 2.75) is 38.5 Å². The fourth-order valence-electron chi connectivity index (χ4n) is 11.4. The topological polar surface area (TPSA) is 54.1 Å². The van der Waals surface area contributed by atoms with Crippen LogP contribution in [-0.2, 0) is 0 Å². The number of nitriles is 2. The number of benzene rings is 6. The molecule has 6 aliphatic rings. The van der Waals surface area contributed by atoms with Gasteiger partial charge in [-0.1, -0.05) is 170 Å². The van der Waals surface area contributed by atoms with E-state index < -0.39 is 0 Å². The Kier molecular flexibility index (Phi) is 11.2. The first-order valence-electron chi connectivity index (χ1n) is 24.6. The van der Waals surface area contributed by atoms with Crippen LogP contribution in [0.2, 0.25) is 0 Å². The maximum atomic E-state index is 11.3. The fourth-order valence-corrected chi connectivity index (χ4v) is 11.4. The number of hydrogen-bond acceptors (Lipinski definition) is 4. The summed E-state index contributed by atoms with van der Waals surface area (Å²) in [4.78, 5) is 4.80. The minimum atomic E-state index is 0.186. The van der Waals surface area contributed by atoms with Crippen molar-refractivity contribution in [2.75, 3.05) is 9.80 Å². The molecule has 0 N–H and O–H groups in total. The highest BCUT2D eigenvalue weighted by Crippen LogP contribution is 2.55. The molecular formula is C66H50N4. The fraction of sp³-hybridized carbons (Fsp3) is 0.121. The molecule has 0 saturated carbocycles. The summed E-state index contributed by atoms with van der Waals surface area (Å²) in [7, 11) is 0. The summed E-state index contributed by atoms with van der Waals surface area (Å²) in [6.45, 7) is 0. The van der Waals surface area contributed by atoms with Gasteiger partial charge in [-0.15, -0.1) is 0 Å². The number of hydrogen-bond donors (Lipinski definition) is 0. The van der Waals surface area contributed by atoms with E-state index in [1.54, 1.807) is 0 Å². The molecule has 0 aromatic heterocycles. The van der Waals surface area contributed by atoms with Crippen LogP contribution < -0.4 is 9.80 Å². The van der Waals surface area contributed by atoms with Gasteiger partial charge in [0.2, 0.25) is 0 Å². The van der Waals surface area contributed by atoms with Crippen molar-refractivity contribution in [3.05, 3.63) is 275 Å². The lowest BCUT2D eigenvalue weighted by Crippen LogP contribution is -2.32. The maximum absolute atomic E-state index is 11.3. The monoisotopic (exact) mass is 898 g/mol. The summed E-state index contributed by atoms with van der Waals surface area (Å²) in [6.07, 6.45) is 33.2. The highest BCUT2D eigenvalue weighted by Gasteiger charge is 2.40. The zero-order chi connectivity index (χ0) is 47.0. The van der Waals surface area contributed by atoms with Gasteiger partial charge in [0.05, 0.1) is 28.2 Å². The molecule has 0 fully saturated rings. The Morgan fingerprint density at radius 1 is 0.500 bits per heavy atom. The van der Waals surface area contributed by atoms with Gasteiger partial charge in [-0.25, -0.2) is 0 Å². The van der Waals surface area contributed by atoms with Crippen LogP contribution in [0.25, 0.3) is 39.0 Å². The lowest BCUT2D eigenvalue weighted by atomic mass is 9.66. The van der Waals surface area contributed by atoms with Crippen LogP contribution in [0.3, 0.4) is 0 Å². The normalized spacial score (nSPS) is 18.5. The van der Waals surface area contributed by atoms with Crippen LogP contribution in [0.1, 0.15) is 55.2 Å². The van der Waals surface area contributed by atoms with E-state index in [1.165, 1.54) is 22.3 Å². The molecule has 6 aromatic rings. The molecule has 0 spiro atoms. The van der Waals surface area contributed by atoms with E-state index in [0.29, 0.717) is 11.1 Å². The minimum absolute atomic E-state index is 0.186. The Morgan fingerprint density at radius 3 is 1.73 bits per heavy atom. The van der Waals surface area contributed by atoms with E-state index in [4.69, 9.17) is 0 Å². The van der Waals surface area contributed by atoms with Crippen molar-refractivity contribution in [2.24, 2.45) is 11.8 Å². The molecule has 334 valence electrons. The van der Waals surface area contributed by atoms with Gasteiger partial charge in [0, 0.05) is 45.6 Å². The van der Waals surface area contributed by atoms with Gasteiger partial charge in [-0.2, -0.15) is 10.5 Å². The quantitative estimate of drug-likeness (QED) is 0.137. The average molecular weight is 899 g/mol. The van der Waals surface area contributed by atoms with E-state index in [2.05, 4.69) is 228 Å². The molecule has 0 bridgehead atoms. The van der Waals surface area contributed by atoms with Crippen molar-refractivity contribution >= 4 is 22.6 Å². The molecule has 6 aromatic carbocycles. The molecule has 4 heteroatoms. The standard InChI is InChI=1S/C66H50N4/c67-43-53-39-51(45-19-7-1-8-20-45)41-59(47-23-11-3-12-24-47)65(53)69(55-27-15-5-16-28-55)61-37-33-49-32-36-58-62(38-34-50-31-35-57(61)63(49)64(50)58)70(56-29-17-6-18-30-56)66-54(44-68)40-52(46-21-9-2-10-22-46)42-60(66)48-25-13-4-14-26-48/h1-3,5-13,15,17-27,29-31,33,35-42,49-50H,4,14,16,28,32,34H2. The predicted octanol–water partition coefficient (Wildman–Crippen LogP) is 16.6. The summed E-state index contributed by atoms with van der Waals surface area (Å²) in [5, 5.41) is 22.5. The van der Waals surface area contributed by atoms with E-state index in [-0.39, 0.29) is 11.8 Å². The number of anilines is 3. The smallest absolute Gasteiger partial charge is 0.101 e. The molecule has 2 unspecified atom stereocenters. The molecular weight excluding hydrogens is 849 g/mol. The third-order valence-corrected chi connectivity index (χ3v) is 14.6. The lowest BCUT2D eigenvalue weighted by molar-refractivity contribution is 0.659. The highest BCUT2D eigenvalue weighted by atomic mass is 15.2. The van der Waals surface area contributed by atoms with Crippen molar-refractivity contribution in [1.82, 2.24) is 0 Å². The summed E-state index contributed by atoms with van der Waals surface area (Å²) in [5.41, 5.74) is 21.0. The van der Waals surface area contributed by atoms with Crippen LogP contribution in [0.5, 0.6) is 0 Å². The zero-order valence-electron chi connectivity index (χ0n) is 39.0. The van der Waals surface area contributed by atoms with E-state index in [1.807, 2.05) is 12.1 Å². The van der Waals surface area contributed by atoms with Crippen LogP contribution in [0, 0.1) is 34.5 Å². The second kappa shape index (κ2) is 18.4. The van der Waals surface area contributed by atoms with Crippen molar-refractivity contribution in [1.29, 1.82) is 10.5 Å². The summed E-state index contributed by atoms with van der Waals surface area (Å²) in [5.74, 6) is 0.375. The first-order chi connectivity index (χ1) is 34.7. The molecule has 0 amide bonds. The number of nitrogens with zero attached hydrogens (tertiary/aromatic N) is 4. The van der Waals surface area contributed by atoms with Gasteiger partial charge in [-0.05, 0) is 137 Å². The average Bonchev–Trinajstić information content (AvgIpc) is 3.44. The molecule has 0 saturated heterocycles. The largest absolute Gasteiger partial charge is 0.312 e. The van der Waals surface area contributed by atoms with E-state index >= 15 is 0 Å². The van der Waals surface area contributed by atoms with Gasteiger partial charge in [-0.3, -0.25) is 0 Å². The van der Waals surface area contributed by atoms with Gasteiger partial charge in [0.15, 0.2) is 0 Å². The summed E-state index contributed by atoms with van der Waals surface area (Å²) < 4.78 is 0. The van der Waals surface area contributed by atoms with Crippen molar-refractivity contribution in [3.8, 4) is 45.5 Å². The minimum Gasteiger partial charge on any atom is -0.312 e. The first kappa shape index (κ1) is 42.6. The number of para-hydroxylation sites is 1. The summed E-state index contributed by atoms with van der Waals surface area (Å²) >= 11 is 0. The molecule has 4 nitrogen and oxygen atoms in total. The van der Waals surface area contributed by atoms with Gasteiger partial charge in [0.25, 0.3) is 0 Å². The van der Waals surface area contributed by atoms with Crippen molar-refractivity contribution in [3.63, 3.8) is 0 Å². The van der Waals surface area contributed by atoms with Crippen LogP contribution in [0.15, 0.2) is 258 Å². The van der Waals surface area contributed by atoms with Gasteiger partial charge < -0.3 is 9.80 Å². The summed E-state index contributed by atoms with van der Waals surface area (Å²) in [6, 6.07) is 56.1. The van der Waals surface area contributed by atoms with Crippen LogP contribution >= 0.6 is 0 Å². The van der Waals surface area contributed by atoms with Crippen LogP contribution in [0.4, 0.5) is 17.1 Å². The zero-order valence-corrected chi connectivity index (χ0v) is 39.0. The van der Waals surface area contributed by atoms with Gasteiger partial charge >= 0.3 is 0 Å². The maximum Gasteiger partial charge on any atom is 0.101 e. The van der Waals surface area contributed by atoms with Crippen LogP contribution in [-0.4, -0.2) is 0 Å². The molecule has 70 heavy (non-hydrogen) atoms. The van der Waals surface area contributed by atoms with Gasteiger partial charge in [0.1, 0.15) is 12.1 Å². The Hall–Kier alpha value is -8.70. The molecule has 12 rings (SSSR count). The third-order valence-electron chi connectivity index (χ3n) is 14.6. The van der Waals surface area contributed by atoms with E-state index in [0.717, 1.165) is 117 Å². The molecule has 0 heterocycles. The number of allylic oxidation sites excluding steroid dienone is 17. The Bertz CT molecular complexity index is 3490. The molecule has 0 aliphatic heterocycles. The Labute approximate surface area is 411 Å². The second-order valence-corrected chi connectivity index (χ2v) is 18.7.